The lowest BCUT2D eigenvalue weighted by molar-refractivity contribution is 0.176. The fourth-order valence-electron chi connectivity index (χ4n) is 2.31. The first kappa shape index (κ1) is 7.55. The van der Waals surface area contributed by atoms with Crippen LogP contribution in [0.4, 0.5) is 0 Å². The first-order valence-electron chi connectivity index (χ1n) is 3.95. The maximum absolute atomic E-state index is 11.1. The van der Waals surface area contributed by atoms with Gasteiger partial charge >= 0.3 is 0 Å². The van der Waals surface area contributed by atoms with Crippen molar-refractivity contribution in [2.24, 2.45) is 11.8 Å². The van der Waals surface area contributed by atoms with Crippen LogP contribution in [0, 0.1) is 11.8 Å². The van der Waals surface area contributed by atoms with Crippen LogP contribution in [0.3, 0.4) is 0 Å². The van der Waals surface area contributed by atoms with Crippen molar-refractivity contribution in [1.82, 2.24) is 0 Å². The van der Waals surface area contributed by atoms with Gasteiger partial charge in [0.2, 0.25) is 0 Å². The van der Waals surface area contributed by atoms with E-state index in [4.69, 9.17) is 0 Å². The predicted octanol–water partition coefficient (Wildman–Crippen LogP) is -0.198. The fourth-order valence-corrected chi connectivity index (χ4v) is 4.57. The molecule has 0 aromatic rings. The number of rotatable bonds is 0. The molecular formula is C7H12O3S. The van der Waals surface area contributed by atoms with Crippen molar-refractivity contribution in [1.29, 1.82) is 0 Å². The summed E-state index contributed by atoms with van der Waals surface area (Å²) < 4.78 is 22.1. The zero-order valence-corrected chi connectivity index (χ0v) is 7.05. The lowest BCUT2D eigenvalue weighted by Crippen LogP contribution is -2.09. The highest BCUT2D eigenvalue weighted by molar-refractivity contribution is 7.91. The van der Waals surface area contributed by atoms with Crippen molar-refractivity contribution in [2.45, 2.75) is 18.9 Å². The lowest BCUT2D eigenvalue weighted by atomic mass is 10.0. The van der Waals surface area contributed by atoms with Crippen LogP contribution in [0.2, 0.25) is 0 Å². The summed E-state index contributed by atoms with van der Waals surface area (Å²) in [5.74, 6) is 1.15. The quantitative estimate of drug-likeness (QED) is 0.556. The first-order valence-corrected chi connectivity index (χ1v) is 5.77. The second-order valence-corrected chi connectivity index (χ2v) is 5.88. The molecule has 64 valence electrons. The number of hydrogen-bond donors (Lipinski definition) is 1. The van der Waals surface area contributed by atoms with Gasteiger partial charge in [-0.05, 0) is 24.7 Å². The third-order valence-electron chi connectivity index (χ3n) is 2.75. The molecule has 1 aliphatic heterocycles. The van der Waals surface area contributed by atoms with E-state index in [1.807, 2.05) is 0 Å². The second-order valence-electron chi connectivity index (χ2n) is 3.72. The monoisotopic (exact) mass is 176 g/mol. The highest BCUT2D eigenvalue weighted by atomic mass is 32.2. The molecule has 1 aliphatic carbocycles. The summed E-state index contributed by atoms with van der Waals surface area (Å²) in [6.45, 7) is 0. The Labute approximate surface area is 66.3 Å². The third kappa shape index (κ3) is 1.29. The van der Waals surface area contributed by atoms with Gasteiger partial charge in [0.05, 0.1) is 17.6 Å². The van der Waals surface area contributed by atoms with Crippen molar-refractivity contribution >= 4 is 9.84 Å². The van der Waals surface area contributed by atoms with Crippen LogP contribution in [-0.2, 0) is 9.84 Å². The molecule has 11 heavy (non-hydrogen) atoms. The molecule has 2 aliphatic rings. The first-order chi connectivity index (χ1) is 5.07. The van der Waals surface area contributed by atoms with Crippen molar-refractivity contribution in [3.8, 4) is 0 Å². The highest BCUT2D eigenvalue weighted by Crippen LogP contribution is 2.39. The van der Waals surface area contributed by atoms with Crippen LogP contribution in [-0.4, -0.2) is 31.1 Å². The number of hydrogen-bond acceptors (Lipinski definition) is 3. The molecule has 0 spiro atoms. The lowest BCUT2D eigenvalue weighted by Gasteiger charge is -2.01. The Morgan fingerprint density at radius 2 is 1.55 bits per heavy atom. The van der Waals surface area contributed by atoms with Crippen LogP contribution >= 0.6 is 0 Å². The Kier molecular flexibility index (Phi) is 1.51. The summed E-state index contributed by atoms with van der Waals surface area (Å²) in [6, 6.07) is 0. The van der Waals surface area contributed by atoms with Gasteiger partial charge in [-0.25, -0.2) is 8.42 Å². The number of sulfone groups is 1. The van der Waals surface area contributed by atoms with Gasteiger partial charge in [-0.1, -0.05) is 0 Å². The Morgan fingerprint density at radius 1 is 1.09 bits per heavy atom. The van der Waals surface area contributed by atoms with Crippen LogP contribution in [0.15, 0.2) is 0 Å². The largest absolute Gasteiger partial charge is 0.393 e. The smallest absolute Gasteiger partial charge is 0.150 e. The molecule has 0 radical (unpaired) electrons. The van der Waals surface area contributed by atoms with Crippen LogP contribution in [0.1, 0.15) is 12.8 Å². The highest BCUT2D eigenvalue weighted by Gasteiger charge is 2.43. The second kappa shape index (κ2) is 2.20. The van der Waals surface area contributed by atoms with E-state index in [-0.39, 0.29) is 17.9 Å². The summed E-state index contributed by atoms with van der Waals surface area (Å²) in [4.78, 5) is 0. The Bertz CT molecular complexity index is 237. The zero-order valence-electron chi connectivity index (χ0n) is 6.23. The van der Waals surface area contributed by atoms with E-state index in [1.165, 1.54) is 0 Å². The Morgan fingerprint density at radius 3 is 2.00 bits per heavy atom. The van der Waals surface area contributed by atoms with Gasteiger partial charge in [0.1, 0.15) is 0 Å². The van der Waals surface area contributed by atoms with Gasteiger partial charge in [0.25, 0.3) is 0 Å². The summed E-state index contributed by atoms with van der Waals surface area (Å²) in [6.07, 6.45) is 1.16. The summed E-state index contributed by atoms with van der Waals surface area (Å²) in [7, 11) is -2.74. The van der Waals surface area contributed by atoms with Crippen molar-refractivity contribution < 1.29 is 13.5 Å². The van der Waals surface area contributed by atoms with E-state index >= 15 is 0 Å². The molecule has 2 atom stereocenters. The molecule has 1 heterocycles. The average Bonchev–Trinajstić information content (AvgIpc) is 2.17. The molecule has 1 saturated heterocycles. The van der Waals surface area contributed by atoms with E-state index in [0.717, 1.165) is 0 Å². The molecule has 0 bridgehead atoms. The molecule has 0 amide bonds. The minimum Gasteiger partial charge on any atom is -0.393 e. The van der Waals surface area contributed by atoms with E-state index in [1.54, 1.807) is 0 Å². The van der Waals surface area contributed by atoms with Crippen LogP contribution < -0.4 is 0 Å². The normalized spacial score (nSPS) is 47.5. The molecule has 0 aromatic carbocycles. The molecule has 4 heteroatoms. The van der Waals surface area contributed by atoms with Crippen molar-refractivity contribution in [3.05, 3.63) is 0 Å². The Balaban J connectivity index is 2.16. The molecule has 3 nitrogen and oxygen atoms in total. The Hall–Kier alpha value is -0.0900. The van der Waals surface area contributed by atoms with Crippen molar-refractivity contribution in [2.75, 3.05) is 11.5 Å². The van der Waals surface area contributed by atoms with Gasteiger partial charge in [-0.2, -0.15) is 0 Å². The number of aliphatic hydroxyl groups is 1. The van der Waals surface area contributed by atoms with Crippen LogP contribution in [0.25, 0.3) is 0 Å². The van der Waals surface area contributed by atoms with Gasteiger partial charge in [-0.15, -0.1) is 0 Å². The fraction of sp³-hybridized carbons (Fsp3) is 1.00. The van der Waals surface area contributed by atoms with E-state index < -0.39 is 9.84 Å². The third-order valence-corrected chi connectivity index (χ3v) is 4.62. The van der Waals surface area contributed by atoms with E-state index in [2.05, 4.69) is 0 Å². The molecule has 1 saturated carbocycles. The number of aliphatic hydroxyl groups excluding tert-OH is 1. The van der Waals surface area contributed by atoms with Crippen LogP contribution in [0.5, 0.6) is 0 Å². The number of fused-ring (bicyclic) bond motifs is 1. The molecule has 2 unspecified atom stereocenters. The molecule has 1 N–H and O–H groups in total. The van der Waals surface area contributed by atoms with E-state index in [9.17, 15) is 13.5 Å². The predicted molar refractivity (Wildman–Crippen MR) is 40.9 cm³/mol. The average molecular weight is 176 g/mol. The standard InChI is InChI=1S/C7H12O3S/c8-7-1-5-3-11(9,10)4-6(5)2-7/h5-8H,1-4H2. The summed E-state index contributed by atoms with van der Waals surface area (Å²) in [5, 5.41) is 9.21. The minimum absolute atomic E-state index is 0.236. The van der Waals surface area contributed by atoms with Gasteiger partial charge in [0, 0.05) is 0 Å². The topological polar surface area (TPSA) is 54.4 Å². The SMILES string of the molecule is O=S1(=O)CC2CC(O)CC2C1. The summed E-state index contributed by atoms with van der Waals surface area (Å²) >= 11 is 0. The van der Waals surface area contributed by atoms with Crippen molar-refractivity contribution in [3.63, 3.8) is 0 Å². The van der Waals surface area contributed by atoms with Gasteiger partial charge in [0.15, 0.2) is 9.84 Å². The minimum atomic E-state index is -2.74. The molecule has 2 fully saturated rings. The summed E-state index contributed by atoms with van der Waals surface area (Å²) in [5.41, 5.74) is 0. The maximum atomic E-state index is 11.1. The molecule has 2 rings (SSSR count). The maximum Gasteiger partial charge on any atom is 0.150 e. The molecular weight excluding hydrogens is 164 g/mol. The van der Waals surface area contributed by atoms with E-state index in [0.29, 0.717) is 24.3 Å². The zero-order chi connectivity index (χ0) is 8.06. The van der Waals surface area contributed by atoms with Gasteiger partial charge < -0.3 is 5.11 Å². The molecule has 0 aromatic heterocycles. The van der Waals surface area contributed by atoms with Gasteiger partial charge in [-0.3, -0.25) is 0 Å².